The normalized spacial score (nSPS) is 10.3. The van der Waals surface area contributed by atoms with Crippen LogP contribution in [-0.2, 0) is 24.4 Å². The lowest BCUT2D eigenvalue weighted by Gasteiger charge is -2.12. The van der Waals surface area contributed by atoms with E-state index in [9.17, 15) is 4.79 Å². The smallest absolute Gasteiger partial charge is 0.315 e. The van der Waals surface area contributed by atoms with Crippen LogP contribution in [0.1, 0.15) is 23.6 Å². The predicted octanol–water partition coefficient (Wildman–Crippen LogP) is 3.88. The van der Waals surface area contributed by atoms with Crippen molar-refractivity contribution >= 4 is 17.6 Å². The van der Waals surface area contributed by atoms with Gasteiger partial charge in [0.1, 0.15) is 0 Å². The molecular formula is C18H21ClN2O2. The predicted molar refractivity (Wildman–Crippen MR) is 92.3 cm³/mol. The number of amides is 2. The Morgan fingerprint density at radius 3 is 2.17 bits per heavy atom. The number of carbonyl (C=O) groups is 1. The Kier molecular flexibility index (Phi) is 6.91. The fourth-order valence-corrected chi connectivity index (χ4v) is 2.34. The van der Waals surface area contributed by atoms with Gasteiger partial charge in [-0.3, -0.25) is 0 Å². The molecule has 0 atom stereocenters. The summed E-state index contributed by atoms with van der Waals surface area (Å²) in [5.41, 5.74) is 3.02. The fourth-order valence-electron chi connectivity index (χ4n) is 2.14. The summed E-state index contributed by atoms with van der Waals surface area (Å²) in [7, 11) is 0. The zero-order chi connectivity index (χ0) is 16.5. The Morgan fingerprint density at radius 1 is 0.957 bits per heavy atom. The fraction of sp³-hybridized carbons (Fsp3) is 0.278. The third-order valence-electron chi connectivity index (χ3n) is 3.42. The molecule has 2 amide bonds. The molecule has 0 aliphatic heterocycles. The Hall–Kier alpha value is -2.04. The van der Waals surface area contributed by atoms with Crippen LogP contribution in [0.4, 0.5) is 4.79 Å². The van der Waals surface area contributed by atoms with Gasteiger partial charge in [0.15, 0.2) is 0 Å². The number of hydrogen-bond donors (Lipinski definition) is 2. The van der Waals surface area contributed by atoms with Crippen molar-refractivity contribution < 1.29 is 9.53 Å². The Bertz CT molecular complexity index is 646. The highest BCUT2D eigenvalue weighted by Gasteiger charge is 2.06. The summed E-state index contributed by atoms with van der Waals surface area (Å²) in [5, 5.41) is 6.31. The lowest BCUT2D eigenvalue weighted by molar-refractivity contribution is 0.133. The molecule has 2 rings (SSSR count). The number of benzene rings is 2. The van der Waals surface area contributed by atoms with Gasteiger partial charge in [-0.2, -0.15) is 0 Å². The van der Waals surface area contributed by atoms with Gasteiger partial charge in [-0.05, 0) is 29.7 Å². The Balaban J connectivity index is 1.84. The Labute approximate surface area is 141 Å². The first-order valence-corrected chi connectivity index (χ1v) is 7.98. The minimum Gasteiger partial charge on any atom is -0.377 e. The number of halogens is 1. The molecule has 122 valence electrons. The molecule has 0 aromatic heterocycles. The summed E-state index contributed by atoms with van der Waals surface area (Å²) in [5.74, 6) is 0. The highest BCUT2D eigenvalue weighted by atomic mass is 35.5. The average Bonchev–Trinajstić information content (AvgIpc) is 2.58. The Morgan fingerprint density at radius 2 is 1.52 bits per heavy atom. The van der Waals surface area contributed by atoms with Crippen LogP contribution in [0.3, 0.4) is 0 Å². The standard InChI is InChI=1S/C18H21ClN2O2/c1-2-23-13-16-9-4-3-7-14(16)11-20-18(22)21-12-15-8-5-6-10-17(15)19/h3-10H,2,11-13H2,1H3,(H2,20,21,22). The van der Waals surface area contributed by atoms with E-state index < -0.39 is 0 Å². The van der Waals surface area contributed by atoms with Crippen LogP contribution in [0.2, 0.25) is 5.02 Å². The van der Waals surface area contributed by atoms with Crippen molar-refractivity contribution in [3.63, 3.8) is 0 Å². The summed E-state index contributed by atoms with van der Waals surface area (Å²) < 4.78 is 5.44. The van der Waals surface area contributed by atoms with E-state index in [0.717, 1.165) is 16.7 Å². The number of urea groups is 1. The largest absolute Gasteiger partial charge is 0.377 e. The van der Waals surface area contributed by atoms with Crippen LogP contribution in [0, 0.1) is 0 Å². The lowest BCUT2D eigenvalue weighted by atomic mass is 10.1. The molecular weight excluding hydrogens is 312 g/mol. The quantitative estimate of drug-likeness (QED) is 0.808. The van der Waals surface area contributed by atoms with Crippen molar-refractivity contribution in [1.29, 1.82) is 0 Å². The van der Waals surface area contributed by atoms with Crippen LogP contribution in [0.5, 0.6) is 0 Å². The van der Waals surface area contributed by atoms with Crippen molar-refractivity contribution in [3.05, 3.63) is 70.2 Å². The zero-order valence-corrected chi connectivity index (χ0v) is 13.9. The van der Waals surface area contributed by atoms with Crippen molar-refractivity contribution in [2.75, 3.05) is 6.61 Å². The van der Waals surface area contributed by atoms with Gasteiger partial charge in [0.2, 0.25) is 0 Å². The summed E-state index contributed by atoms with van der Waals surface area (Å²) in [6, 6.07) is 15.1. The van der Waals surface area contributed by atoms with Gasteiger partial charge in [0.25, 0.3) is 0 Å². The minimum absolute atomic E-state index is 0.226. The monoisotopic (exact) mass is 332 g/mol. The van der Waals surface area contributed by atoms with E-state index in [1.165, 1.54) is 0 Å². The van der Waals surface area contributed by atoms with E-state index in [1.807, 2.05) is 49.4 Å². The molecule has 2 aromatic carbocycles. The summed E-state index contributed by atoms with van der Waals surface area (Å²) >= 11 is 6.06. The molecule has 4 nitrogen and oxygen atoms in total. The van der Waals surface area contributed by atoms with E-state index in [1.54, 1.807) is 6.07 Å². The van der Waals surface area contributed by atoms with Gasteiger partial charge in [0, 0.05) is 24.7 Å². The van der Waals surface area contributed by atoms with Gasteiger partial charge in [-0.15, -0.1) is 0 Å². The van der Waals surface area contributed by atoms with Crippen LogP contribution in [0.15, 0.2) is 48.5 Å². The number of carbonyl (C=O) groups excluding carboxylic acids is 1. The highest BCUT2D eigenvalue weighted by Crippen LogP contribution is 2.14. The summed E-state index contributed by atoms with van der Waals surface area (Å²) in [6.07, 6.45) is 0. The molecule has 2 aromatic rings. The SMILES string of the molecule is CCOCc1ccccc1CNC(=O)NCc1ccccc1Cl. The molecule has 0 heterocycles. The zero-order valence-electron chi connectivity index (χ0n) is 13.1. The van der Waals surface area contributed by atoms with Crippen molar-refractivity contribution in [3.8, 4) is 0 Å². The molecule has 0 bridgehead atoms. The number of nitrogens with one attached hydrogen (secondary N) is 2. The van der Waals surface area contributed by atoms with Gasteiger partial charge >= 0.3 is 6.03 Å². The average molecular weight is 333 g/mol. The molecule has 0 saturated carbocycles. The summed E-state index contributed by atoms with van der Waals surface area (Å²) in [4.78, 5) is 11.9. The van der Waals surface area contributed by atoms with Crippen LogP contribution >= 0.6 is 11.6 Å². The number of hydrogen-bond acceptors (Lipinski definition) is 2. The van der Waals surface area contributed by atoms with Gasteiger partial charge in [0.05, 0.1) is 6.61 Å². The molecule has 2 N–H and O–H groups in total. The maximum absolute atomic E-state index is 11.9. The summed E-state index contributed by atoms with van der Waals surface area (Å²) in [6.45, 7) is 4.03. The van der Waals surface area contributed by atoms with Crippen molar-refractivity contribution in [1.82, 2.24) is 10.6 Å². The second-order valence-electron chi connectivity index (χ2n) is 5.03. The minimum atomic E-state index is -0.226. The number of rotatable bonds is 7. The molecule has 0 aliphatic carbocycles. The van der Waals surface area contributed by atoms with Gasteiger partial charge < -0.3 is 15.4 Å². The van der Waals surface area contributed by atoms with Crippen LogP contribution < -0.4 is 10.6 Å². The van der Waals surface area contributed by atoms with Gasteiger partial charge in [-0.25, -0.2) is 4.79 Å². The maximum Gasteiger partial charge on any atom is 0.315 e. The second-order valence-corrected chi connectivity index (χ2v) is 5.44. The van der Waals surface area contributed by atoms with E-state index in [-0.39, 0.29) is 6.03 Å². The molecule has 0 radical (unpaired) electrons. The van der Waals surface area contributed by atoms with E-state index in [0.29, 0.717) is 31.3 Å². The van der Waals surface area contributed by atoms with Crippen LogP contribution in [-0.4, -0.2) is 12.6 Å². The second kappa shape index (κ2) is 9.18. The first-order chi connectivity index (χ1) is 11.2. The van der Waals surface area contributed by atoms with E-state index in [4.69, 9.17) is 16.3 Å². The molecule has 0 spiro atoms. The highest BCUT2D eigenvalue weighted by molar-refractivity contribution is 6.31. The lowest BCUT2D eigenvalue weighted by Crippen LogP contribution is -2.34. The molecule has 0 aliphatic rings. The maximum atomic E-state index is 11.9. The molecule has 23 heavy (non-hydrogen) atoms. The molecule has 0 fully saturated rings. The third-order valence-corrected chi connectivity index (χ3v) is 3.79. The van der Waals surface area contributed by atoms with E-state index in [2.05, 4.69) is 10.6 Å². The molecule has 5 heteroatoms. The van der Waals surface area contributed by atoms with Gasteiger partial charge in [-0.1, -0.05) is 54.1 Å². The molecule has 0 saturated heterocycles. The third kappa shape index (κ3) is 5.58. The van der Waals surface area contributed by atoms with Crippen LogP contribution in [0.25, 0.3) is 0 Å². The first-order valence-electron chi connectivity index (χ1n) is 7.60. The first kappa shape index (κ1) is 17.3. The van der Waals surface area contributed by atoms with Crippen molar-refractivity contribution in [2.24, 2.45) is 0 Å². The topological polar surface area (TPSA) is 50.4 Å². The number of ether oxygens (including phenoxy) is 1. The van der Waals surface area contributed by atoms with Crippen molar-refractivity contribution in [2.45, 2.75) is 26.6 Å². The van der Waals surface area contributed by atoms with E-state index >= 15 is 0 Å². The molecule has 0 unspecified atom stereocenters.